The lowest BCUT2D eigenvalue weighted by Crippen LogP contribution is -2.12. The van der Waals surface area contributed by atoms with E-state index >= 15 is 0 Å². The minimum Gasteiger partial charge on any atom is -0.478 e. The number of thioether (sulfide) groups is 1. The molecular formula is C14H15F3O2S. The van der Waals surface area contributed by atoms with Crippen molar-refractivity contribution in [1.29, 1.82) is 0 Å². The first-order valence-corrected chi connectivity index (χ1v) is 7.44. The van der Waals surface area contributed by atoms with E-state index in [0.29, 0.717) is 10.8 Å². The number of rotatable bonds is 4. The number of hydrogen-bond donors (Lipinski definition) is 1. The fraction of sp³-hybridized carbons (Fsp3) is 0.500. The molecule has 2 rings (SSSR count). The number of benzene rings is 1. The van der Waals surface area contributed by atoms with Crippen molar-refractivity contribution in [3.63, 3.8) is 0 Å². The first-order valence-electron chi connectivity index (χ1n) is 6.45. The van der Waals surface area contributed by atoms with Crippen LogP contribution in [0.4, 0.5) is 13.2 Å². The van der Waals surface area contributed by atoms with Crippen LogP contribution in [0.15, 0.2) is 23.1 Å². The van der Waals surface area contributed by atoms with Crippen molar-refractivity contribution in [1.82, 2.24) is 0 Å². The molecular weight excluding hydrogens is 289 g/mol. The number of hydrogen-bond acceptors (Lipinski definition) is 2. The van der Waals surface area contributed by atoms with Crippen molar-refractivity contribution in [2.45, 2.75) is 36.8 Å². The third-order valence-corrected chi connectivity index (χ3v) is 4.71. The van der Waals surface area contributed by atoms with Gasteiger partial charge in [0.2, 0.25) is 0 Å². The zero-order valence-corrected chi connectivity index (χ0v) is 11.6. The lowest BCUT2D eigenvalue weighted by Gasteiger charge is -2.13. The smallest absolute Gasteiger partial charge is 0.417 e. The monoisotopic (exact) mass is 304 g/mol. The van der Waals surface area contributed by atoms with Crippen molar-refractivity contribution in [3.05, 3.63) is 29.3 Å². The van der Waals surface area contributed by atoms with E-state index in [0.717, 1.165) is 30.7 Å². The Morgan fingerprint density at radius 3 is 2.50 bits per heavy atom. The van der Waals surface area contributed by atoms with Crippen LogP contribution in [0.1, 0.15) is 41.6 Å². The number of carbonyl (C=O) groups is 1. The molecule has 1 aliphatic carbocycles. The lowest BCUT2D eigenvalue weighted by atomic mass is 10.1. The SMILES string of the molecule is O=C(O)c1cc(SCC2CCCC2)ccc1C(F)(F)F. The van der Waals surface area contributed by atoms with Gasteiger partial charge in [0.1, 0.15) is 0 Å². The summed E-state index contributed by atoms with van der Waals surface area (Å²) in [6.07, 6.45) is 0.0818. The highest BCUT2D eigenvalue weighted by Crippen LogP contribution is 2.36. The predicted octanol–water partition coefficient (Wildman–Crippen LogP) is 4.69. The maximum absolute atomic E-state index is 12.7. The van der Waals surface area contributed by atoms with Crippen LogP contribution < -0.4 is 0 Å². The van der Waals surface area contributed by atoms with Crippen LogP contribution in [0.3, 0.4) is 0 Å². The molecule has 0 atom stereocenters. The molecule has 20 heavy (non-hydrogen) atoms. The summed E-state index contributed by atoms with van der Waals surface area (Å²) in [5, 5.41) is 8.92. The van der Waals surface area contributed by atoms with Crippen LogP contribution in [0.2, 0.25) is 0 Å². The molecule has 2 nitrogen and oxygen atoms in total. The maximum Gasteiger partial charge on any atom is 0.417 e. The minimum atomic E-state index is -4.64. The largest absolute Gasteiger partial charge is 0.478 e. The molecule has 0 saturated heterocycles. The molecule has 1 N–H and O–H groups in total. The van der Waals surface area contributed by atoms with E-state index in [1.54, 1.807) is 0 Å². The molecule has 0 unspecified atom stereocenters. The van der Waals surface area contributed by atoms with E-state index in [4.69, 9.17) is 5.11 Å². The summed E-state index contributed by atoms with van der Waals surface area (Å²) >= 11 is 1.44. The Morgan fingerprint density at radius 1 is 1.30 bits per heavy atom. The molecule has 6 heteroatoms. The van der Waals surface area contributed by atoms with Crippen LogP contribution in [-0.2, 0) is 6.18 Å². The van der Waals surface area contributed by atoms with Crippen molar-refractivity contribution in [3.8, 4) is 0 Å². The van der Waals surface area contributed by atoms with Gasteiger partial charge in [-0.15, -0.1) is 11.8 Å². The second kappa shape index (κ2) is 6.08. The van der Waals surface area contributed by atoms with Gasteiger partial charge in [-0.25, -0.2) is 4.79 Å². The molecule has 0 aromatic heterocycles. The van der Waals surface area contributed by atoms with Gasteiger partial charge in [-0.2, -0.15) is 13.2 Å². The Hall–Kier alpha value is -1.17. The summed E-state index contributed by atoms with van der Waals surface area (Å²) in [5.74, 6) is -0.110. The Morgan fingerprint density at radius 2 is 1.95 bits per heavy atom. The molecule has 0 bridgehead atoms. The molecule has 1 fully saturated rings. The van der Waals surface area contributed by atoms with E-state index in [2.05, 4.69) is 0 Å². The highest BCUT2D eigenvalue weighted by Gasteiger charge is 2.35. The van der Waals surface area contributed by atoms with Gasteiger partial charge in [-0.05, 0) is 37.0 Å². The minimum absolute atomic E-state index is 0.585. The second-order valence-electron chi connectivity index (χ2n) is 4.97. The summed E-state index contributed by atoms with van der Waals surface area (Å²) in [5.41, 5.74) is -1.76. The molecule has 0 heterocycles. The van der Waals surface area contributed by atoms with Crippen LogP contribution in [-0.4, -0.2) is 16.8 Å². The molecule has 1 aromatic rings. The van der Waals surface area contributed by atoms with Gasteiger partial charge in [0, 0.05) is 10.6 Å². The summed E-state index contributed by atoms with van der Waals surface area (Å²) in [4.78, 5) is 11.6. The summed E-state index contributed by atoms with van der Waals surface area (Å²) in [7, 11) is 0. The highest BCUT2D eigenvalue weighted by atomic mass is 32.2. The van der Waals surface area contributed by atoms with Crippen LogP contribution in [0.25, 0.3) is 0 Å². The predicted molar refractivity (Wildman–Crippen MR) is 71.1 cm³/mol. The molecule has 110 valence electrons. The van der Waals surface area contributed by atoms with Crippen molar-refractivity contribution < 1.29 is 23.1 Å². The summed E-state index contributed by atoms with van der Waals surface area (Å²) in [6.45, 7) is 0. The number of carboxylic acids is 1. The van der Waals surface area contributed by atoms with Crippen molar-refractivity contribution in [2.24, 2.45) is 5.92 Å². The standard InChI is InChI=1S/C14H15F3O2S/c15-14(16,17)12-6-5-10(7-11(12)13(18)19)20-8-9-3-1-2-4-9/h5-7,9H,1-4,8H2,(H,18,19). The third kappa shape index (κ3) is 3.69. The normalized spacial score (nSPS) is 16.6. The number of alkyl halides is 3. The maximum atomic E-state index is 12.7. The van der Waals surface area contributed by atoms with E-state index in [1.807, 2.05) is 0 Å². The molecule has 1 saturated carbocycles. The van der Waals surface area contributed by atoms with Gasteiger partial charge < -0.3 is 5.11 Å². The Labute approximate surface area is 119 Å². The summed E-state index contributed by atoms with van der Waals surface area (Å²) < 4.78 is 38.1. The number of aromatic carboxylic acids is 1. The van der Waals surface area contributed by atoms with Gasteiger partial charge in [-0.3, -0.25) is 0 Å². The fourth-order valence-corrected chi connectivity index (χ4v) is 3.56. The Bertz CT molecular complexity index is 494. The summed E-state index contributed by atoms with van der Waals surface area (Å²) in [6, 6.07) is 3.35. The van der Waals surface area contributed by atoms with E-state index < -0.39 is 23.3 Å². The molecule has 1 aliphatic rings. The van der Waals surface area contributed by atoms with Gasteiger partial charge in [0.25, 0.3) is 0 Å². The zero-order chi connectivity index (χ0) is 14.8. The average Bonchev–Trinajstić information content (AvgIpc) is 2.88. The Kier molecular flexibility index (Phi) is 4.62. The molecule has 0 spiro atoms. The lowest BCUT2D eigenvalue weighted by molar-refractivity contribution is -0.138. The van der Waals surface area contributed by atoms with Crippen LogP contribution in [0.5, 0.6) is 0 Å². The fourth-order valence-electron chi connectivity index (χ4n) is 2.43. The third-order valence-electron chi connectivity index (χ3n) is 3.49. The highest BCUT2D eigenvalue weighted by molar-refractivity contribution is 7.99. The topological polar surface area (TPSA) is 37.3 Å². The average molecular weight is 304 g/mol. The first kappa shape index (κ1) is 15.2. The molecule has 1 aromatic carbocycles. The van der Waals surface area contributed by atoms with Crippen LogP contribution in [0, 0.1) is 5.92 Å². The second-order valence-corrected chi connectivity index (χ2v) is 6.07. The van der Waals surface area contributed by atoms with Gasteiger partial charge >= 0.3 is 12.1 Å². The van der Waals surface area contributed by atoms with Gasteiger partial charge in [0.05, 0.1) is 11.1 Å². The van der Waals surface area contributed by atoms with E-state index in [-0.39, 0.29) is 0 Å². The number of halogens is 3. The quantitative estimate of drug-likeness (QED) is 0.820. The van der Waals surface area contributed by atoms with Gasteiger partial charge in [-0.1, -0.05) is 12.8 Å². The van der Waals surface area contributed by atoms with Gasteiger partial charge in [0.15, 0.2) is 0 Å². The van der Waals surface area contributed by atoms with E-state index in [9.17, 15) is 18.0 Å². The van der Waals surface area contributed by atoms with Crippen molar-refractivity contribution in [2.75, 3.05) is 5.75 Å². The molecule has 0 radical (unpaired) electrons. The van der Waals surface area contributed by atoms with Crippen molar-refractivity contribution >= 4 is 17.7 Å². The first-order chi connectivity index (χ1) is 9.38. The Balaban J connectivity index is 2.15. The zero-order valence-electron chi connectivity index (χ0n) is 10.7. The van der Waals surface area contributed by atoms with E-state index in [1.165, 1.54) is 30.7 Å². The molecule has 0 aliphatic heterocycles. The molecule has 0 amide bonds. The number of carboxylic acid groups (broad SMARTS) is 1. The van der Waals surface area contributed by atoms with Crippen LogP contribution >= 0.6 is 11.8 Å².